The molecule has 1 atom stereocenters. The van der Waals surface area contributed by atoms with Crippen LogP contribution in [0.3, 0.4) is 0 Å². The topological polar surface area (TPSA) is 76.6 Å². The summed E-state index contributed by atoms with van der Waals surface area (Å²) in [5.74, 6) is 0.165. The molecule has 0 saturated carbocycles. The van der Waals surface area contributed by atoms with Crippen molar-refractivity contribution in [3.05, 3.63) is 22.8 Å². The van der Waals surface area contributed by atoms with Crippen LogP contribution >= 0.6 is 0 Å². The number of nitrogens with one attached hydrogen (secondary N) is 1. The van der Waals surface area contributed by atoms with Gasteiger partial charge in [-0.25, -0.2) is 14.8 Å². The number of fused-ring (bicyclic) bond motifs is 1. The van der Waals surface area contributed by atoms with Gasteiger partial charge in [-0.1, -0.05) is 6.92 Å². The smallest absolute Gasteiger partial charge is 0.357 e. The second kappa shape index (κ2) is 6.05. The molecule has 0 radical (unpaired) electrons. The number of hydrogen-bond donors (Lipinski definition) is 1. The molecule has 3 heterocycles. The number of carbonyl (C=O) groups excluding carboxylic acids is 1. The molecule has 0 aromatic carbocycles. The molecule has 7 heteroatoms. The quantitative estimate of drug-likeness (QED) is 0.801. The zero-order valence-corrected chi connectivity index (χ0v) is 12.4. The van der Waals surface area contributed by atoms with Crippen molar-refractivity contribution >= 4 is 5.97 Å². The summed E-state index contributed by atoms with van der Waals surface area (Å²) < 4.78 is 10.6. The van der Waals surface area contributed by atoms with Gasteiger partial charge in [0.15, 0.2) is 11.5 Å². The molecule has 1 saturated heterocycles. The lowest BCUT2D eigenvalue weighted by Crippen LogP contribution is -2.38. The molecule has 0 amide bonds. The highest BCUT2D eigenvalue weighted by Crippen LogP contribution is 2.24. The zero-order valence-electron chi connectivity index (χ0n) is 12.4. The Bertz CT molecular complexity index is 549. The third kappa shape index (κ3) is 2.76. The van der Waals surface area contributed by atoms with Gasteiger partial charge in [-0.15, -0.1) is 0 Å². The number of rotatable bonds is 3. The molecule has 0 aliphatic carbocycles. The van der Waals surface area contributed by atoms with Gasteiger partial charge in [0, 0.05) is 31.7 Å². The first-order valence-electron chi connectivity index (χ1n) is 7.25. The summed E-state index contributed by atoms with van der Waals surface area (Å²) in [5, 5.41) is 3.20. The van der Waals surface area contributed by atoms with Gasteiger partial charge in [-0.05, 0) is 6.54 Å². The van der Waals surface area contributed by atoms with Gasteiger partial charge in [-0.2, -0.15) is 0 Å². The van der Waals surface area contributed by atoms with Crippen LogP contribution in [0.4, 0.5) is 0 Å². The summed E-state index contributed by atoms with van der Waals surface area (Å²) in [5.41, 5.74) is 2.08. The highest BCUT2D eigenvalue weighted by Gasteiger charge is 2.29. The van der Waals surface area contributed by atoms with Crippen molar-refractivity contribution in [3.8, 4) is 0 Å². The normalized spacial score (nSPS) is 22.1. The minimum absolute atomic E-state index is 0.187. The minimum atomic E-state index is -0.415. The fourth-order valence-corrected chi connectivity index (χ4v) is 2.74. The van der Waals surface area contributed by atoms with Crippen LogP contribution in [0.15, 0.2) is 0 Å². The molecule has 1 aromatic heterocycles. The number of likely N-dealkylation sites (N-methyl/N-ethyl adjacent to an activating group) is 1. The van der Waals surface area contributed by atoms with E-state index in [2.05, 4.69) is 27.1 Å². The number of esters is 1. The van der Waals surface area contributed by atoms with Crippen LogP contribution in [0.1, 0.15) is 40.6 Å². The van der Waals surface area contributed by atoms with E-state index >= 15 is 0 Å². The van der Waals surface area contributed by atoms with E-state index in [4.69, 9.17) is 9.47 Å². The average molecular weight is 292 g/mol. The first-order chi connectivity index (χ1) is 10.2. The lowest BCUT2D eigenvalue weighted by molar-refractivity contribution is -0.0327. The summed E-state index contributed by atoms with van der Waals surface area (Å²) >= 11 is 0. The van der Waals surface area contributed by atoms with Crippen molar-refractivity contribution in [1.29, 1.82) is 0 Å². The molecular formula is C14H20N4O3. The number of morpholine rings is 1. The molecule has 1 unspecified atom stereocenters. The number of hydrogen-bond acceptors (Lipinski definition) is 7. The number of ether oxygens (including phenoxy) is 2. The van der Waals surface area contributed by atoms with Gasteiger partial charge in [-0.3, -0.25) is 4.90 Å². The molecule has 2 aliphatic rings. The van der Waals surface area contributed by atoms with Crippen LogP contribution < -0.4 is 5.32 Å². The molecule has 7 nitrogen and oxygen atoms in total. The van der Waals surface area contributed by atoms with E-state index in [0.717, 1.165) is 30.9 Å². The van der Waals surface area contributed by atoms with Gasteiger partial charge in [0.2, 0.25) is 0 Å². The van der Waals surface area contributed by atoms with Crippen LogP contribution in [-0.2, 0) is 22.6 Å². The summed E-state index contributed by atoms with van der Waals surface area (Å²) in [6.45, 7) is 6.68. The molecule has 3 rings (SSSR count). The van der Waals surface area contributed by atoms with Crippen molar-refractivity contribution in [2.45, 2.75) is 26.1 Å². The molecule has 114 valence electrons. The van der Waals surface area contributed by atoms with E-state index in [-0.39, 0.29) is 6.10 Å². The van der Waals surface area contributed by atoms with Gasteiger partial charge < -0.3 is 14.8 Å². The predicted octanol–water partition coefficient (Wildman–Crippen LogP) is 0.260. The van der Waals surface area contributed by atoms with E-state index in [1.54, 1.807) is 0 Å². The van der Waals surface area contributed by atoms with Gasteiger partial charge >= 0.3 is 5.97 Å². The van der Waals surface area contributed by atoms with Crippen molar-refractivity contribution in [2.75, 3.05) is 33.4 Å². The van der Waals surface area contributed by atoms with Gasteiger partial charge in [0.05, 0.1) is 19.4 Å². The second-order valence-electron chi connectivity index (χ2n) is 5.20. The van der Waals surface area contributed by atoms with E-state index in [1.807, 2.05) is 0 Å². The standard InChI is InChI=1S/C14H20N4O3/c1-3-18-4-5-21-11(8-18)13-16-10-7-15-6-9(10)12(17-13)14(19)20-2/h11,15H,3-8H2,1-2H3. The van der Waals surface area contributed by atoms with Crippen LogP contribution in [0.5, 0.6) is 0 Å². The van der Waals surface area contributed by atoms with Crippen LogP contribution in [0, 0.1) is 0 Å². The van der Waals surface area contributed by atoms with Crippen LogP contribution in [-0.4, -0.2) is 54.2 Å². The summed E-state index contributed by atoms with van der Waals surface area (Å²) in [7, 11) is 1.37. The number of methoxy groups -OCH3 is 1. The molecule has 1 N–H and O–H groups in total. The third-order valence-corrected chi connectivity index (χ3v) is 3.97. The summed E-state index contributed by atoms with van der Waals surface area (Å²) in [6.07, 6.45) is -0.187. The predicted molar refractivity (Wildman–Crippen MR) is 74.7 cm³/mol. The number of nitrogens with zero attached hydrogens (tertiary/aromatic N) is 3. The minimum Gasteiger partial charge on any atom is -0.464 e. The second-order valence-corrected chi connectivity index (χ2v) is 5.20. The Hall–Kier alpha value is -1.57. The van der Waals surface area contributed by atoms with Gasteiger partial charge in [0.1, 0.15) is 6.10 Å². The highest BCUT2D eigenvalue weighted by atomic mass is 16.5. The molecule has 0 bridgehead atoms. The zero-order chi connectivity index (χ0) is 14.8. The number of carbonyl (C=O) groups is 1. The number of aromatic nitrogens is 2. The first kappa shape index (κ1) is 14.4. The van der Waals surface area contributed by atoms with Crippen molar-refractivity contribution < 1.29 is 14.3 Å². The molecule has 21 heavy (non-hydrogen) atoms. The molecule has 0 spiro atoms. The Kier molecular flexibility index (Phi) is 4.14. The Balaban J connectivity index is 1.94. The first-order valence-corrected chi connectivity index (χ1v) is 7.25. The monoisotopic (exact) mass is 292 g/mol. The lowest BCUT2D eigenvalue weighted by atomic mass is 10.1. The van der Waals surface area contributed by atoms with Crippen LogP contribution in [0.25, 0.3) is 0 Å². The Morgan fingerprint density at radius 1 is 1.48 bits per heavy atom. The van der Waals surface area contributed by atoms with E-state index < -0.39 is 5.97 Å². The van der Waals surface area contributed by atoms with Gasteiger partial charge in [0.25, 0.3) is 0 Å². The summed E-state index contributed by atoms with van der Waals surface area (Å²) in [4.78, 5) is 23.2. The molecule has 1 aromatic rings. The molecule has 2 aliphatic heterocycles. The Morgan fingerprint density at radius 2 is 2.33 bits per heavy atom. The Morgan fingerprint density at radius 3 is 3.10 bits per heavy atom. The van der Waals surface area contributed by atoms with E-state index in [1.165, 1.54) is 7.11 Å². The van der Waals surface area contributed by atoms with E-state index in [9.17, 15) is 4.79 Å². The SMILES string of the molecule is CCN1CCOC(c2nc3c(c(C(=O)OC)n2)CNC3)C1. The van der Waals surface area contributed by atoms with Crippen molar-refractivity contribution in [1.82, 2.24) is 20.2 Å². The highest BCUT2D eigenvalue weighted by molar-refractivity contribution is 5.89. The fourth-order valence-electron chi connectivity index (χ4n) is 2.74. The maximum Gasteiger partial charge on any atom is 0.357 e. The van der Waals surface area contributed by atoms with Crippen LogP contribution in [0.2, 0.25) is 0 Å². The summed E-state index contributed by atoms with van der Waals surface area (Å²) in [6, 6.07) is 0. The van der Waals surface area contributed by atoms with Crippen molar-refractivity contribution in [2.24, 2.45) is 0 Å². The average Bonchev–Trinajstić information content (AvgIpc) is 3.01. The van der Waals surface area contributed by atoms with Crippen molar-refractivity contribution in [3.63, 3.8) is 0 Å². The largest absolute Gasteiger partial charge is 0.464 e. The molecule has 1 fully saturated rings. The molecular weight excluding hydrogens is 272 g/mol. The fraction of sp³-hybridized carbons (Fsp3) is 0.643. The third-order valence-electron chi connectivity index (χ3n) is 3.97. The maximum atomic E-state index is 11.9. The maximum absolute atomic E-state index is 11.9. The lowest BCUT2D eigenvalue weighted by Gasteiger charge is -2.31. The van der Waals surface area contributed by atoms with E-state index in [0.29, 0.717) is 31.2 Å². The Labute approximate surface area is 123 Å².